The van der Waals surface area contributed by atoms with Crippen molar-refractivity contribution in [1.82, 2.24) is 19.8 Å². The molecular weight excluding hydrogens is 436 g/mol. The van der Waals surface area contributed by atoms with E-state index in [0.29, 0.717) is 18.1 Å². The summed E-state index contributed by atoms with van der Waals surface area (Å²) in [4.78, 5) is 6.73. The molecule has 1 aliphatic rings. The maximum absolute atomic E-state index is 9.36. The maximum atomic E-state index is 9.36. The molecule has 1 aromatic carbocycles. The van der Waals surface area contributed by atoms with E-state index in [1.807, 2.05) is 30.3 Å². The fraction of sp³-hybridized carbons (Fsp3) is 0.238. The predicted molar refractivity (Wildman–Crippen MR) is 117 cm³/mol. The summed E-state index contributed by atoms with van der Waals surface area (Å²) in [5.41, 5.74) is 3.16. The van der Waals surface area contributed by atoms with E-state index >= 15 is 0 Å². The Bertz CT molecular complexity index is 945. The summed E-state index contributed by atoms with van der Waals surface area (Å²) in [6, 6.07) is 18.3. The first-order valence-electron chi connectivity index (χ1n) is 9.21. The molecule has 0 radical (unpaired) electrons. The summed E-state index contributed by atoms with van der Waals surface area (Å²) in [6.07, 6.45) is 4.53. The van der Waals surface area contributed by atoms with Gasteiger partial charge in [0.05, 0.1) is 17.8 Å². The number of thiocarbonyl (C=S) groups is 1. The monoisotopic (exact) mass is 456 g/mol. The van der Waals surface area contributed by atoms with E-state index in [2.05, 4.69) is 66.2 Å². The minimum Gasteiger partial charge on any atom is -0.396 e. The van der Waals surface area contributed by atoms with Gasteiger partial charge >= 0.3 is 0 Å². The van der Waals surface area contributed by atoms with Crippen molar-refractivity contribution in [2.24, 2.45) is 0 Å². The van der Waals surface area contributed by atoms with E-state index in [-0.39, 0.29) is 18.7 Å². The van der Waals surface area contributed by atoms with Crippen LogP contribution in [0.3, 0.4) is 0 Å². The van der Waals surface area contributed by atoms with Crippen molar-refractivity contribution in [2.75, 3.05) is 13.2 Å². The lowest BCUT2D eigenvalue weighted by Gasteiger charge is -2.28. The fourth-order valence-electron chi connectivity index (χ4n) is 3.68. The first-order valence-corrected chi connectivity index (χ1v) is 10.4. The number of benzene rings is 1. The largest absolute Gasteiger partial charge is 0.396 e. The molecule has 2 aromatic heterocycles. The molecule has 1 aliphatic heterocycles. The summed E-state index contributed by atoms with van der Waals surface area (Å²) in [7, 11) is 0. The zero-order chi connectivity index (χ0) is 19.5. The Morgan fingerprint density at radius 3 is 2.64 bits per heavy atom. The highest BCUT2D eigenvalue weighted by molar-refractivity contribution is 9.10. The molecule has 7 heteroatoms. The highest BCUT2D eigenvalue weighted by Crippen LogP contribution is 2.39. The molecule has 2 unspecified atom stereocenters. The molecule has 1 saturated heterocycles. The van der Waals surface area contributed by atoms with Crippen LogP contribution in [0.15, 0.2) is 71.5 Å². The van der Waals surface area contributed by atoms with Gasteiger partial charge < -0.3 is 19.9 Å². The van der Waals surface area contributed by atoms with Crippen LogP contribution in [0, 0.1) is 0 Å². The van der Waals surface area contributed by atoms with Crippen LogP contribution in [0.5, 0.6) is 0 Å². The number of aliphatic hydroxyl groups excluding tert-OH is 1. The van der Waals surface area contributed by atoms with Crippen molar-refractivity contribution >= 4 is 33.3 Å². The van der Waals surface area contributed by atoms with Gasteiger partial charge in [-0.3, -0.25) is 4.98 Å². The van der Waals surface area contributed by atoms with Crippen LogP contribution >= 0.6 is 28.1 Å². The number of hydrogen-bond acceptors (Lipinski definition) is 3. The second-order valence-electron chi connectivity index (χ2n) is 6.68. The van der Waals surface area contributed by atoms with Crippen molar-refractivity contribution in [2.45, 2.75) is 18.5 Å². The van der Waals surface area contributed by atoms with Crippen LogP contribution in [-0.4, -0.2) is 37.8 Å². The minimum atomic E-state index is -0.0588. The second-order valence-corrected chi connectivity index (χ2v) is 7.98. The molecule has 144 valence electrons. The van der Waals surface area contributed by atoms with Crippen molar-refractivity contribution in [1.29, 1.82) is 0 Å². The van der Waals surface area contributed by atoms with Gasteiger partial charge in [0, 0.05) is 41.4 Å². The van der Waals surface area contributed by atoms with Gasteiger partial charge in [-0.15, -0.1) is 0 Å². The number of pyridine rings is 1. The molecule has 5 nitrogen and oxygen atoms in total. The minimum absolute atomic E-state index is 0.0207. The van der Waals surface area contributed by atoms with Gasteiger partial charge in [-0.1, -0.05) is 22.0 Å². The smallest absolute Gasteiger partial charge is 0.170 e. The Hall–Kier alpha value is -2.22. The van der Waals surface area contributed by atoms with Gasteiger partial charge in [-0.25, -0.2) is 0 Å². The third kappa shape index (κ3) is 3.70. The first kappa shape index (κ1) is 19.1. The standard InChI is InChI=1S/C21H21BrN4OS/c22-15-7-9-16(10-8-15)25-12-3-6-18(25)20-19(17-5-1-2-11-23-17)24-21(28)26(20)13-4-14-27/h1-3,5-12,19-20,27H,4,13-14H2,(H,24,28). The lowest BCUT2D eigenvalue weighted by atomic mass is 10.0. The first-order chi connectivity index (χ1) is 13.7. The molecule has 1 fully saturated rings. The van der Waals surface area contributed by atoms with Crippen LogP contribution in [0.1, 0.15) is 29.9 Å². The number of halogens is 1. The number of rotatable bonds is 6. The molecule has 28 heavy (non-hydrogen) atoms. The Kier molecular flexibility index (Phi) is 5.75. The van der Waals surface area contributed by atoms with E-state index in [4.69, 9.17) is 12.2 Å². The van der Waals surface area contributed by atoms with Gasteiger partial charge in [0.25, 0.3) is 0 Å². The van der Waals surface area contributed by atoms with E-state index in [1.165, 1.54) is 0 Å². The molecule has 0 spiro atoms. The fourth-order valence-corrected chi connectivity index (χ4v) is 4.28. The summed E-state index contributed by atoms with van der Waals surface area (Å²) >= 11 is 9.15. The average molecular weight is 457 g/mol. The van der Waals surface area contributed by atoms with Crippen LogP contribution in [0.2, 0.25) is 0 Å². The van der Waals surface area contributed by atoms with Crippen LogP contribution in [-0.2, 0) is 0 Å². The van der Waals surface area contributed by atoms with Gasteiger partial charge in [0.1, 0.15) is 0 Å². The summed E-state index contributed by atoms with van der Waals surface area (Å²) in [5.74, 6) is 0. The van der Waals surface area contributed by atoms with Crippen LogP contribution in [0.4, 0.5) is 0 Å². The lowest BCUT2D eigenvalue weighted by molar-refractivity contribution is 0.245. The van der Waals surface area contributed by atoms with E-state index in [0.717, 1.165) is 21.5 Å². The van der Waals surface area contributed by atoms with Gasteiger partial charge in [0.2, 0.25) is 0 Å². The Morgan fingerprint density at radius 2 is 1.93 bits per heavy atom. The SMILES string of the molecule is OCCCN1C(=S)NC(c2ccccn2)C1c1cccn1-c1ccc(Br)cc1. The second kappa shape index (κ2) is 8.43. The van der Waals surface area contributed by atoms with Crippen molar-refractivity contribution in [3.63, 3.8) is 0 Å². The molecule has 0 aliphatic carbocycles. The van der Waals surface area contributed by atoms with Crippen molar-refractivity contribution in [3.8, 4) is 5.69 Å². The quantitative estimate of drug-likeness (QED) is 0.549. The number of nitrogens with zero attached hydrogens (tertiary/aromatic N) is 3. The maximum Gasteiger partial charge on any atom is 0.170 e. The number of nitrogens with one attached hydrogen (secondary N) is 1. The Morgan fingerprint density at radius 1 is 1.11 bits per heavy atom. The van der Waals surface area contributed by atoms with E-state index in [9.17, 15) is 5.11 Å². The van der Waals surface area contributed by atoms with Gasteiger partial charge in [-0.2, -0.15) is 0 Å². The molecule has 2 N–H and O–H groups in total. The molecule has 3 aromatic rings. The van der Waals surface area contributed by atoms with E-state index < -0.39 is 0 Å². The molecule has 3 heterocycles. The molecule has 4 rings (SSSR count). The highest BCUT2D eigenvalue weighted by atomic mass is 79.9. The number of aromatic nitrogens is 2. The highest BCUT2D eigenvalue weighted by Gasteiger charge is 2.40. The third-order valence-electron chi connectivity index (χ3n) is 4.94. The third-order valence-corrected chi connectivity index (χ3v) is 5.82. The molecule has 2 atom stereocenters. The molecule has 0 amide bonds. The molecular formula is C21H21BrN4OS. The Balaban J connectivity index is 1.78. The zero-order valence-corrected chi connectivity index (χ0v) is 17.6. The topological polar surface area (TPSA) is 53.3 Å². The zero-order valence-electron chi connectivity index (χ0n) is 15.2. The summed E-state index contributed by atoms with van der Waals surface area (Å²) in [6.45, 7) is 0.815. The normalized spacial score (nSPS) is 19.1. The Labute approximate surface area is 178 Å². The average Bonchev–Trinajstić information content (AvgIpc) is 3.32. The van der Waals surface area contributed by atoms with Crippen molar-refractivity contribution < 1.29 is 5.11 Å². The molecule has 0 bridgehead atoms. The molecule has 0 saturated carbocycles. The lowest BCUT2D eigenvalue weighted by Crippen LogP contribution is -2.31. The van der Waals surface area contributed by atoms with E-state index in [1.54, 1.807) is 6.20 Å². The van der Waals surface area contributed by atoms with Crippen LogP contribution in [0.25, 0.3) is 5.69 Å². The predicted octanol–water partition coefficient (Wildman–Crippen LogP) is 3.99. The van der Waals surface area contributed by atoms with Crippen LogP contribution < -0.4 is 5.32 Å². The van der Waals surface area contributed by atoms with Crippen molar-refractivity contribution in [3.05, 3.63) is 82.9 Å². The number of aliphatic hydroxyl groups is 1. The summed E-state index contributed by atoms with van der Waals surface area (Å²) < 4.78 is 3.24. The van der Waals surface area contributed by atoms with Gasteiger partial charge in [-0.05, 0) is 67.2 Å². The van der Waals surface area contributed by atoms with Gasteiger partial charge in [0.15, 0.2) is 5.11 Å². The number of hydrogen-bond donors (Lipinski definition) is 2. The summed E-state index contributed by atoms with van der Waals surface area (Å²) in [5, 5.41) is 13.5.